The lowest BCUT2D eigenvalue weighted by Gasteiger charge is -2.31. The van der Waals surface area contributed by atoms with Crippen LogP contribution in [-0.4, -0.2) is 46.3 Å². The van der Waals surface area contributed by atoms with Gasteiger partial charge in [0.2, 0.25) is 11.8 Å². The molecule has 3 rings (SSSR count). The molecule has 2 amide bonds. The first-order valence-electron chi connectivity index (χ1n) is 8.70. The largest absolute Gasteiger partial charge is 0.356 e. The number of carbonyl (C=O) groups is 2. The number of halogens is 1. The van der Waals surface area contributed by atoms with Gasteiger partial charge in [-0.05, 0) is 37.5 Å². The van der Waals surface area contributed by atoms with Gasteiger partial charge in [-0.2, -0.15) is 0 Å². The number of imidazole rings is 1. The van der Waals surface area contributed by atoms with Crippen molar-refractivity contribution in [3.05, 3.63) is 29.0 Å². The van der Waals surface area contributed by atoms with Crippen LogP contribution in [0.4, 0.5) is 0 Å². The van der Waals surface area contributed by atoms with Gasteiger partial charge in [0.15, 0.2) is 0 Å². The number of nitrogens with zero attached hydrogens (tertiary/aromatic N) is 2. The number of H-pyrrole nitrogens is 1. The molecule has 1 aliphatic rings. The summed E-state index contributed by atoms with van der Waals surface area (Å²) < 4.78 is 0. The predicted octanol–water partition coefficient (Wildman–Crippen LogP) is 2.52. The van der Waals surface area contributed by atoms with Crippen molar-refractivity contribution >= 4 is 34.4 Å². The van der Waals surface area contributed by atoms with Crippen LogP contribution >= 0.6 is 11.6 Å². The number of fused-ring (bicyclic) bond motifs is 1. The Kier molecular flexibility index (Phi) is 5.58. The zero-order valence-corrected chi connectivity index (χ0v) is 15.1. The van der Waals surface area contributed by atoms with E-state index in [4.69, 9.17) is 11.6 Å². The number of carbonyl (C=O) groups excluding carboxylic acids is 2. The Balaban J connectivity index is 1.44. The van der Waals surface area contributed by atoms with Crippen molar-refractivity contribution < 1.29 is 9.59 Å². The first kappa shape index (κ1) is 17.7. The molecule has 7 heteroatoms. The first-order valence-corrected chi connectivity index (χ1v) is 9.08. The van der Waals surface area contributed by atoms with Gasteiger partial charge < -0.3 is 15.2 Å². The van der Waals surface area contributed by atoms with E-state index < -0.39 is 0 Å². The smallest absolute Gasteiger partial charge is 0.224 e. The summed E-state index contributed by atoms with van der Waals surface area (Å²) in [5.41, 5.74) is 1.83. The Morgan fingerprint density at radius 3 is 3.08 bits per heavy atom. The minimum atomic E-state index is -0.0917. The zero-order valence-electron chi connectivity index (χ0n) is 14.3. The van der Waals surface area contributed by atoms with Crippen LogP contribution in [0.15, 0.2) is 18.2 Å². The molecule has 1 aliphatic heterocycles. The van der Waals surface area contributed by atoms with Crippen LogP contribution in [0.2, 0.25) is 5.02 Å². The predicted molar refractivity (Wildman–Crippen MR) is 97.4 cm³/mol. The third kappa shape index (κ3) is 4.51. The molecule has 2 heterocycles. The number of amides is 2. The summed E-state index contributed by atoms with van der Waals surface area (Å²) in [6.07, 6.45) is 3.30. The first-order chi connectivity index (χ1) is 12.0. The maximum atomic E-state index is 12.3. The third-order valence-electron chi connectivity index (χ3n) is 4.62. The fourth-order valence-electron chi connectivity index (χ4n) is 3.24. The van der Waals surface area contributed by atoms with E-state index in [-0.39, 0.29) is 17.7 Å². The summed E-state index contributed by atoms with van der Waals surface area (Å²) in [5.74, 6) is 0.891. The molecule has 1 fully saturated rings. The Bertz CT molecular complexity index is 774. The number of likely N-dealkylation sites (tertiary alicyclic amines) is 1. The molecule has 0 unspecified atom stereocenters. The van der Waals surface area contributed by atoms with E-state index in [9.17, 15) is 9.59 Å². The van der Waals surface area contributed by atoms with Gasteiger partial charge in [-0.15, -0.1) is 0 Å². The molecular formula is C18H23ClN4O2. The van der Waals surface area contributed by atoms with Gasteiger partial charge >= 0.3 is 0 Å². The minimum absolute atomic E-state index is 0.0438. The van der Waals surface area contributed by atoms with E-state index in [2.05, 4.69) is 15.3 Å². The quantitative estimate of drug-likeness (QED) is 0.802. The highest BCUT2D eigenvalue weighted by atomic mass is 35.5. The molecule has 25 heavy (non-hydrogen) atoms. The minimum Gasteiger partial charge on any atom is -0.356 e. The van der Waals surface area contributed by atoms with E-state index in [0.717, 1.165) is 49.1 Å². The Morgan fingerprint density at radius 2 is 2.28 bits per heavy atom. The van der Waals surface area contributed by atoms with Gasteiger partial charge in [-0.1, -0.05) is 11.6 Å². The zero-order chi connectivity index (χ0) is 17.8. The molecule has 1 aromatic heterocycles. The topological polar surface area (TPSA) is 78.1 Å². The number of aryl methyl sites for hydroxylation is 1. The van der Waals surface area contributed by atoms with Crippen LogP contribution in [-0.2, 0) is 16.0 Å². The van der Waals surface area contributed by atoms with Crippen molar-refractivity contribution in [3.63, 3.8) is 0 Å². The summed E-state index contributed by atoms with van der Waals surface area (Å²) in [6, 6.07) is 5.57. The van der Waals surface area contributed by atoms with Crippen LogP contribution in [0.25, 0.3) is 11.0 Å². The summed E-state index contributed by atoms with van der Waals surface area (Å²) in [7, 11) is 0. The van der Waals surface area contributed by atoms with Crippen molar-refractivity contribution in [1.82, 2.24) is 20.2 Å². The van der Waals surface area contributed by atoms with Gasteiger partial charge in [-0.3, -0.25) is 9.59 Å². The number of piperidine rings is 1. The van der Waals surface area contributed by atoms with Crippen LogP contribution in [0, 0.1) is 5.92 Å². The van der Waals surface area contributed by atoms with Crippen molar-refractivity contribution in [2.75, 3.05) is 19.6 Å². The molecule has 0 bridgehead atoms. The molecule has 1 aromatic carbocycles. The van der Waals surface area contributed by atoms with Gasteiger partial charge in [0, 0.05) is 38.0 Å². The second-order valence-corrected chi connectivity index (χ2v) is 6.98. The maximum Gasteiger partial charge on any atom is 0.224 e. The Hall–Kier alpha value is -2.08. The SMILES string of the molecule is CC(=O)N1CCC[C@@H](C(=O)NCCCc2nc3ccc(Cl)cc3[nH]2)C1. The highest BCUT2D eigenvalue weighted by Gasteiger charge is 2.26. The van der Waals surface area contributed by atoms with E-state index >= 15 is 0 Å². The van der Waals surface area contributed by atoms with Gasteiger partial charge in [0.1, 0.15) is 5.82 Å². The molecule has 0 aliphatic carbocycles. The summed E-state index contributed by atoms with van der Waals surface area (Å²) in [4.78, 5) is 33.3. The number of aromatic nitrogens is 2. The molecule has 6 nitrogen and oxygen atoms in total. The number of rotatable bonds is 5. The van der Waals surface area contributed by atoms with Crippen molar-refractivity contribution in [2.45, 2.75) is 32.6 Å². The number of hydrogen-bond acceptors (Lipinski definition) is 3. The fraction of sp³-hybridized carbons (Fsp3) is 0.500. The maximum absolute atomic E-state index is 12.3. The van der Waals surface area contributed by atoms with Gasteiger partial charge in [0.05, 0.1) is 17.0 Å². The van der Waals surface area contributed by atoms with Gasteiger partial charge in [-0.25, -0.2) is 4.98 Å². The molecule has 0 spiro atoms. The molecule has 2 aromatic rings. The normalized spacial score (nSPS) is 17.7. The average molecular weight is 363 g/mol. The average Bonchev–Trinajstić information content (AvgIpc) is 3.00. The van der Waals surface area contributed by atoms with E-state index in [0.29, 0.717) is 18.1 Å². The molecule has 1 saturated heterocycles. The van der Waals surface area contributed by atoms with Crippen molar-refractivity contribution in [1.29, 1.82) is 0 Å². The lowest BCUT2D eigenvalue weighted by atomic mass is 9.97. The lowest BCUT2D eigenvalue weighted by molar-refractivity contribution is -0.133. The second-order valence-electron chi connectivity index (χ2n) is 6.54. The van der Waals surface area contributed by atoms with Crippen molar-refractivity contribution in [3.8, 4) is 0 Å². The molecule has 2 N–H and O–H groups in total. The third-order valence-corrected chi connectivity index (χ3v) is 4.86. The van der Waals surface area contributed by atoms with Crippen LogP contribution < -0.4 is 5.32 Å². The Labute approximate surface area is 151 Å². The van der Waals surface area contributed by atoms with Crippen molar-refractivity contribution in [2.24, 2.45) is 5.92 Å². The fourth-order valence-corrected chi connectivity index (χ4v) is 3.41. The van der Waals surface area contributed by atoms with Gasteiger partial charge in [0.25, 0.3) is 0 Å². The van der Waals surface area contributed by atoms with E-state index in [1.165, 1.54) is 0 Å². The van der Waals surface area contributed by atoms with Crippen LogP contribution in [0.3, 0.4) is 0 Å². The highest BCUT2D eigenvalue weighted by Crippen LogP contribution is 2.18. The second kappa shape index (κ2) is 7.87. The summed E-state index contributed by atoms with van der Waals surface area (Å²) in [5, 5.41) is 3.67. The number of hydrogen-bond donors (Lipinski definition) is 2. The molecule has 0 saturated carbocycles. The summed E-state index contributed by atoms with van der Waals surface area (Å²) >= 11 is 5.97. The highest BCUT2D eigenvalue weighted by molar-refractivity contribution is 6.31. The van der Waals surface area contributed by atoms with Crippen LogP contribution in [0.5, 0.6) is 0 Å². The standard InChI is InChI=1S/C18H23ClN4O2/c1-12(24)23-9-3-4-13(11-23)18(25)20-8-2-5-17-21-15-7-6-14(19)10-16(15)22-17/h6-7,10,13H,2-5,8-9,11H2,1H3,(H,20,25)(H,21,22)/t13-/m1/s1. The lowest BCUT2D eigenvalue weighted by Crippen LogP contribution is -2.44. The van der Waals surface area contributed by atoms with E-state index in [1.54, 1.807) is 11.8 Å². The monoisotopic (exact) mass is 362 g/mol. The number of aromatic amines is 1. The molecule has 0 radical (unpaired) electrons. The summed E-state index contributed by atoms with van der Waals surface area (Å²) in [6.45, 7) is 3.45. The van der Waals surface area contributed by atoms with Crippen LogP contribution in [0.1, 0.15) is 32.0 Å². The molecule has 134 valence electrons. The molecule has 1 atom stereocenters. The number of nitrogens with one attached hydrogen (secondary N) is 2. The molecular weight excluding hydrogens is 340 g/mol. The number of benzene rings is 1. The van der Waals surface area contributed by atoms with E-state index in [1.807, 2.05) is 18.2 Å². The Morgan fingerprint density at radius 1 is 1.44 bits per heavy atom.